The van der Waals surface area contributed by atoms with E-state index >= 15 is 0 Å². The first-order valence-electron chi connectivity index (χ1n) is 9.43. The zero-order chi connectivity index (χ0) is 23.9. The summed E-state index contributed by atoms with van der Waals surface area (Å²) in [6.45, 7) is -1.35. The maximum Gasteiger partial charge on any atom is 0.388 e. The van der Waals surface area contributed by atoms with Crippen molar-refractivity contribution in [3.63, 3.8) is 0 Å². The molecule has 0 unspecified atom stereocenters. The van der Waals surface area contributed by atoms with Gasteiger partial charge in [-0.2, -0.15) is 17.6 Å². The predicted molar refractivity (Wildman–Crippen MR) is 106 cm³/mol. The zero-order valence-electron chi connectivity index (χ0n) is 16.8. The van der Waals surface area contributed by atoms with Gasteiger partial charge in [0.05, 0.1) is 41.3 Å². The summed E-state index contributed by atoms with van der Waals surface area (Å²) in [6, 6.07) is 3.11. The molecule has 1 fully saturated rings. The lowest BCUT2D eigenvalue weighted by atomic mass is 9.98. The molecule has 0 atom stereocenters. The van der Waals surface area contributed by atoms with Gasteiger partial charge in [0.1, 0.15) is 5.69 Å². The molecular formula is C19H16F4N4O5S. The minimum Gasteiger partial charge on any atom is -0.415 e. The highest BCUT2D eigenvalue weighted by Crippen LogP contribution is 2.38. The average Bonchev–Trinajstić information content (AvgIpc) is 3.11. The first kappa shape index (κ1) is 22.9. The van der Waals surface area contributed by atoms with Gasteiger partial charge >= 0.3 is 12.4 Å². The van der Waals surface area contributed by atoms with E-state index in [1.165, 1.54) is 25.3 Å². The van der Waals surface area contributed by atoms with Crippen molar-refractivity contribution in [2.24, 2.45) is 0 Å². The van der Waals surface area contributed by atoms with E-state index in [0.29, 0.717) is 0 Å². The molecule has 0 radical (unpaired) electrons. The van der Waals surface area contributed by atoms with Crippen LogP contribution in [0.25, 0.3) is 22.0 Å². The van der Waals surface area contributed by atoms with Gasteiger partial charge in [-0.05, 0) is 24.1 Å². The quantitative estimate of drug-likeness (QED) is 0.490. The summed E-state index contributed by atoms with van der Waals surface area (Å²) in [7, 11) is -4.88. The van der Waals surface area contributed by atoms with Crippen molar-refractivity contribution < 1.29 is 40.2 Å². The number of amides is 1. The van der Waals surface area contributed by atoms with Crippen LogP contribution in [0, 0.1) is 6.92 Å². The molecule has 9 nitrogen and oxygen atoms in total. The molecule has 33 heavy (non-hydrogen) atoms. The van der Waals surface area contributed by atoms with Crippen molar-refractivity contribution in [1.82, 2.24) is 20.5 Å². The van der Waals surface area contributed by atoms with Crippen molar-refractivity contribution in [3.8, 4) is 17.0 Å². The molecule has 2 aromatic heterocycles. The fraction of sp³-hybridized carbons (Fsp3) is 0.316. The fourth-order valence-corrected chi connectivity index (χ4v) is 4.36. The van der Waals surface area contributed by atoms with Gasteiger partial charge in [0, 0.05) is 5.56 Å². The van der Waals surface area contributed by atoms with E-state index in [-0.39, 0.29) is 52.5 Å². The van der Waals surface area contributed by atoms with Gasteiger partial charge < -0.3 is 14.8 Å². The maximum atomic E-state index is 13.0. The van der Waals surface area contributed by atoms with E-state index in [4.69, 9.17) is 4.74 Å². The lowest BCUT2D eigenvalue weighted by molar-refractivity contribution is -0.0518. The molecular weight excluding hydrogens is 472 g/mol. The highest BCUT2D eigenvalue weighted by Gasteiger charge is 2.30. The van der Waals surface area contributed by atoms with E-state index in [1.54, 1.807) is 0 Å². The largest absolute Gasteiger partial charge is 0.415 e. The van der Waals surface area contributed by atoms with Crippen LogP contribution in [0.15, 0.2) is 29.3 Å². The molecule has 14 heteroatoms. The Morgan fingerprint density at radius 3 is 2.58 bits per heavy atom. The lowest BCUT2D eigenvalue weighted by Crippen LogP contribution is -2.48. The number of H-pyrrole nitrogens is 1. The van der Waals surface area contributed by atoms with E-state index in [1.807, 2.05) is 0 Å². The molecule has 1 aromatic carbocycles. The monoisotopic (exact) mass is 488 g/mol. The number of hydrogen-bond donors (Lipinski definition) is 2. The number of ether oxygens (including phenoxy) is 2. The Morgan fingerprint density at radius 1 is 1.27 bits per heavy atom. The summed E-state index contributed by atoms with van der Waals surface area (Å²) in [5.74, 6) is -4.79. The first-order valence-corrected chi connectivity index (χ1v) is 11.0. The van der Waals surface area contributed by atoms with Crippen molar-refractivity contribution in [2.45, 2.75) is 30.2 Å². The number of carbonyl (C=O) groups is 1. The summed E-state index contributed by atoms with van der Waals surface area (Å²) >= 11 is 0. The summed E-state index contributed by atoms with van der Waals surface area (Å²) in [4.78, 5) is 16.4. The Hall–Kier alpha value is -3.26. The number of nitrogens with one attached hydrogen (secondary N) is 2. The topological polar surface area (TPSA) is 123 Å². The van der Waals surface area contributed by atoms with Crippen LogP contribution in [-0.2, 0) is 14.6 Å². The SMILES string of the molecule is Cc1cc(-c2c(C(=O)NC3COC3)ncc3[nH]nc(OC(F)F)c23)ccc1S(=O)(=O)C(F)F. The van der Waals surface area contributed by atoms with Gasteiger partial charge in [-0.1, -0.05) is 12.1 Å². The van der Waals surface area contributed by atoms with Crippen LogP contribution in [0.1, 0.15) is 16.1 Å². The smallest absolute Gasteiger partial charge is 0.388 e. The number of benzene rings is 1. The Kier molecular flexibility index (Phi) is 5.97. The Balaban J connectivity index is 1.91. The van der Waals surface area contributed by atoms with Gasteiger partial charge in [0.15, 0.2) is 0 Å². The fourth-order valence-electron chi connectivity index (χ4n) is 3.40. The molecule has 0 spiro atoms. The second-order valence-electron chi connectivity index (χ2n) is 7.17. The van der Waals surface area contributed by atoms with Crippen LogP contribution in [-0.4, -0.2) is 61.1 Å². The number of hydrogen-bond acceptors (Lipinski definition) is 7. The number of halogens is 4. The number of nitrogens with zero attached hydrogens (tertiary/aromatic N) is 2. The molecule has 0 bridgehead atoms. The molecule has 0 aliphatic carbocycles. The van der Waals surface area contributed by atoms with Crippen LogP contribution in [0.2, 0.25) is 0 Å². The predicted octanol–water partition coefficient (Wildman–Crippen LogP) is 2.66. The Labute approximate surface area is 184 Å². The molecule has 2 N–H and O–H groups in total. The van der Waals surface area contributed by atoms with Crippen LogP contribution in [0.5, 0.6) is 5.88 Å². The average molecular weight is 488 g/mol. The van der Waals surface area contributed by atoms with Crippen LogP contribution < -0.4 is 10.1 Å². The lowest BCUT2D eigenvalue weighted by Gasteiger charge is -2.27. The van der Waals surface area contributed by atoms with Gasteiger partial charge in [0.25, 0.3) is 5.91 Å². The summed E-state index contributed by atoms with van der Waals surface area (Å²) in [5.41, 5.74) is 0.112. The van der Waals surface area contributed by atoms with Crippen molar-refractivity contribution in [1.29, 1.82) is 0 Å². The number of aromatic nitrogens is 3. The molecule has 3 aromatic rings. The van der Waals surface area contributed by atoms with Crippen LogP contribution in [0.3, 0.4) is 0 Å². The number of rotatable bonds is 7. The van der Waals surface area contributed by atoms with Crippen molar-refractivity contribution >= 4 is 26.6 Å². The number of aromatic amines is 1. The Bertz CT molecular complexity index is 1330. The minimum atomic E-state index is -4.88. The third-order valence-corrected chi connectivity index (χ3v) is 6.50. The summed E-state index contributed by atoms with van der Waals surface area (Å²) in [6.07, 6.45) is 1.21. The third-order valence-electron chi connectivity index (χ3n) is 4.96. The first-order chi connectivity index (χ1) is 15.6. The highest BCUT2D eigenvalue weighted by molar-refractivity contribution is 7.91. The third kappa shape index (κ3) is 4.23. The molecule has 0 saturated carbocycles. The summed E-state index contributed by atoms with van der Waals surface area (Å²) in [5, 5.41) is 8.85. The molecule has 4 rings (SSSR count). The van der Waals surface area contributed by atoms with E-state index < -0.39 is 38.9 Å². The number of fused-ring (bicyclic) bond motifs is 1. The number of alkyl halides is 4. The number of aryl methyl sites for hydroxylation is 1. The van der Waals surface area contributed by atoms with Crippen LogP contribution >= 0.6 is 0 Å². The molecule has 1 amide bonds. The molecule has 1 aliphatic heterocycles. The second-order valence-corrected chi connectivity index (χ2v) is 9.06. The zero-order valence-corrected chi connectivity index (χ0v) is 17.6. The molecule has 176 valence electrons. The van der Waals surface area contributed by atoms with E-state index in [9.17, 15) is 30.8 Å². The standard InChI is InChI=1S/C19H16F4N4O5S/c1-8-4-9(2-3-12(8)33(29,30)19(22)23)13-14-11(26-27-17(14)32-18(20)21)5-24-15(13)16(28)25-10-6-31-7-10/h2-5,10,18-19H,6-7H2,1H3,(H,25,28)(H,26,27). The number of carbonyl (C=O) groups excluding carboxylic acids is 1. The number of sulfone groups is 1. The van der Waals surface area contributed by atoms with Gasteiger partial charge in [-0.15, -0.1) is 5.10 Å². The molecule has 1 aliphatic rings. The normalized spacial score (nSPS) is 14.6. The van der Waals surface area contributed by atoms with Gasteiger partial charge in [0.2, 0.25) is 15.7 Å². The van der Waals surface area contributed by atoms with Crippen LogP contribution in [0.4, 0.5) is 17.6 Å². The van der Waals surface area contributed by atoms with Crippen molar-refractivity contribution in [3.05, 3.63) is 35.7 Å². The van der Waals surface area contributed by atoms with Gasteiger partial charge in [-0.25, -0.2) is 13.4 Å². The maximum absolute atomic E-state index is 13.0. The summed E-state index contributed by atoms with van der Waals surface area (Å²) < 4.78 is 85.3. The van der Waals surface area contributed by atoms with E-state index in [2.05, 4.69) is 25.2 Å². The van der Waals surface area contributed by atoms with Gasteiger partial charge in [-0.3, -0.25) is 9.89 Å². The molecule has 3 heterocycles. The minimum absolute atomic E-state index is 0.0100. The van der Waals surface area contributed by atoms with E-state index in [0.717, 1.165) is 6.07 Å². The second kappa shape index (κ2) is 8.59. The highest BCUT2D eigenvalue weighted by atomic mass is 32.2. The molecule has 1 saturated heterocycles. The Morgan fingerprint density at radius 2 is 2.00 bits per heavy atom. The number of pyridine rings is 1. The van der Waals surface area contributed by atoms with Crippen molar-refractivity contribution in [2.75, 3.05) is 13.2 Å².